The molecular formula is C11H17N5O. The zero-order valence-corrected chi connectivity index (χ0v) is 10.4. The summed E-state index contributed by atoms with van der Waals surface area (Å²) in [6, 6.07) is 2.01. The molecule has 6 heteroatoms. The van der Waals surface area contributed by atoms with Crippen LogP contribution in [0.1, 0.15) is 17.8 Å². The van der Waals surface area contributed by atoms with E-state index in [0.29, 0.717) is 18.7 Å². The number of aryl methyl sites for hydroxylation is 1. The van der Waals surface area contributed by atoms with E-state index in [2.05, 4.69) is 5.10 Å². The second kappa shape index (κ2) is 5.34. The van der Waals surface area contributed by atoms with E-state index in [-0.39, 0.29) is 12.5 Å². The fraction of sp³-hybridized carbons (Fsp3) is 0.545. The summed E-state index contributed by atoms with van der Waals surface area (Å²) in [4.78, 5) is 13.3. The summed E-state index contributed by atoms with van der Waals surface area (Å²) in [5.74, 6) is -0.0779. The number of nitrogen functional groups attached to an aromatic ring is 1. The van der Waals surface area contributed by atoms with E-state index in [4.69, 9.17) is 11.0 Å². The van der Waals surface area contributed by atoms with Crippen molar-refractivity contribution in [1.82, 2.24) is 14.7 Å². The number of hydrogen-bond donors (Lipinski definition) is 1. The van der Waals surface area contributed by atoms with Crippen LogP contribution in [0.25, 0.3) is 0 Å². The largest absolute Gasteiger partial charge is 0.396 e. The summed E-state index contributed by atoms with van der Waals surface area (Å²) in [6.07, 6.45) is 0.335. The molecule has 0 aliphatic carbocycles. The number of rotatable bonds is 4. The molecular weight excluding hydrogens is 218 g/mol. The van der Waals surface area contributed by atoms with Gasteiger partial charge in [0.15, 0.2) is 0 Å². The third-order valence-corrected chi connectivity index (χ3v) is 2.71. The van der Waals surface area contributed by atoms with Crippen LogP contribution in [0, 0.1) is 25.2 Å². The number of aromatic nitrogens is 2. The lowest BCUT2D eigenvalue weighted by atomic mass is 10.3. The van der Waals surface area contributed by atoms with Crippen LogP contribution in [0.5, 0.6) is 0 Å². The van der Waals surface area contributed by atoms with Crippen LogP contribution in [-0.2, 0) is 11.3 Å². The van der Waals surface area contributed by atoms with Crippen molar-refractivity contribution >= 4 is 11.6 Å². The zero-order chi connectivity index (χ0) is 13.0. The molecule has 0 bridgehead atoms. The van der Waals surface area contributed by atoms with Crippen molar-refractivity contribution in [2.45, 2.75) is 26.8 Å². The Kier molecular flexibility index (Phi) is 4.10. The number of amides is 1. The fourth-order valence-electron chi connectivity index (χ4n) is 1.46. The van der Waals surface area contributed by atoms with E-state index in [0.717, 1.165) is 11.4 Å². The average Bonchev–Trinajstić information content (AvgIpc) is 2.54. The Morgan fingerprint density at radius 1 is 1.59 bits per heavy atom. The van der Waals surface area contributed by atoms with Gasteiger partial charge in [-0.3, -0.25) is 9.48 Å². The number of hydrogen-bond acceptors (Lipinski definition) is 4. The number of carbonyl (C=O) groups is 1. The van der Waals surface area contributed by atoms with Gasteiger partial charge in [-0.2, -0.15) is 10.4 Å². The Bertz CT molecular complexity index is 457. The van der Waals surface area contributed by atoms with Crippen LogP contribution in [-0.4, -0.2) is 34.2 Å². The molecule has 0 fully saturated rings. The predicted molar refractivity (Wildman–Crippen MR) is 64.0 cm³/mol. The second-order valence-electron chi connectivity index (χ2n) is 3.97. The van der Waals surface area contributed by atoms with Gasteiger partial charge in [0.05, 0.1) is 29.6 Å². The Morgan fingerprint density at radius 2 is 2.24 bits per heavy atom. The molecule has 0 atom stereocenters. The lowest BCUT2D eigenvalue weighted by molar-refractivity contribution is -0.130. The van der Waals surface area contributed by atoms with Gasteiger partial charge in [0, 0.05) is 13.6 Å². The van der Waals surface area contributed by atoms with Crippen LogP contribution < -0.4 is 5.73 Å². The number of nitriles is 1. The molecule has 1 aromatic rings. The van der Waals surface area contributed by atoms with Crippen molar-refractivity contribution in [3.05, 3.63) is 11.4 Å². The number of nitrogens with zero attached hydrogens (tertiary/aromatic N) is 4. The summed E-state index contributed by atoms with van der Waals surface area (Å²) in [6.45, 7) is 4.23. The van der Waals surface area contributed by atoms with Gasteiger partial charge in [0.2, 0.25) is 5.91 Å². The predicted octanol–water partition coefficient (Wildman–Crippen LogP) is 0.454. The maximum Gasteiger partial charge on any atom is 0.244 e. The maximum absolute atomic E-state index is 11.8. The molecule has 0 unspecified atom stereocenters. The molecule has 1 rings (SSSR count). The second-order valence-corrected chi connectivity index (χ2v) is 3.97. The van der Waals surface area contributed by atoms with E-state index in [9.17, 15) is 4.79 Å². The highest BCUT2D eigenvalue weighted by molar-refractivity contribution is 5.75. The van der Waals surface area contributed by atoms with Gasteiger partial charge in [0.25, 0.3) is 0 Å². The summed E-state index contributed by atoms with van der Waals surface area (Å²) < 4.78 is 1.59. The topological polar surface area (TPSA) is 87.9 Å². The molecule has 0 radical (unpaired) electrons. The molecule has 0 aromatic carbocycles. The molecule has 1 aromatic heterocycles. The van der Waals surface area contributed by atoms with Crippen molar-refractivity contribution in [3.8, 4) is 6.07 Å². The first kappa shape index (κ1) is 13.0. The molecule has 92 valence electrons. The monoisotopic (exact) mass is 235 g/mol. The highest BCUT2D eigenvalue weighted by atomic mass is 16.2. The molecule has 17 heavy (non-hydrogen) atoms. The van der Waals surface area contributed by atoms with Gasteiger partial charge < -0.3 is 10.6 Å². The van der Waals surface area contributed by atoms with Crippen LogP contribution in [0.2, 0.25) is 0 Å². The molecule has 2 N–H and O–H groups in total. The quantitative estimate of drug-likeness (QED) is 0.820. The zero-order valence-electron chi connectivity index (χ0n) is 10.4. The molecule has 0 aliphatic rings. The SMILES string of the molecule is Cc1nn(CC(=O)N(C)CCC#N)c(C)c1N. The van der Waals surface area contributed by atoms with Crippen LogP contribution >= 0.6 is 0 Å². The number of likely N-dealkylation sites (N-methyl/N-ethyl adjacent to an activating group) is 1. The summed E-state index contributed by atoms with van der Waals surface area (Å²) in [5.41, 5.74) is 7.93. The Balaban J connectivity index is 2.68. The Hall–Kier alpha value is -2.03. The van der Waals surface area contributed by atoms with E-state index in [1.165, 1.54) is 4.90 Å². The van der Waals surface area contributed by atoms with Crippen LogP contribution in [0.15, 0.2) is 0 Å². The molecule has 0 saturated carbocycles. The van der Waals surface area contributed by atoms with Gasteiger partial charge in [-0.05, 0) is 13.8 Å². The summed E-state index contributed by atoms with van der Waals surface area (Å²) in [5, 5.41) is 12.6. The highest BCUT2D eigenvalue weighted by Gasteiger charge is 2.14. The standard InChI is InChI=1S/C11H17N5O/c1-8-11(13)9(2)16(14-8)7-10(17)15(3)6-4-5-12/h4,6-7,13H2,1-3H3. The molecule has 0 saturated heterocycles. The first-order valence-electron chi connectivity index (χ1n) is 5.37. The van der Waals surface area contributed by atoms with Crippen molar-refractivity contribution < 1.29 is 4.79 Å². The Morgan fingerprint density at radius 3 is 2.71 bits per heavy atom. The molecule has 0 spiro atoms. The van der Waals surface area contributed by atoms with Crippen LogP contribution in [0.4, 0.5) is 5.69 Å². The maximum atomic E-state index is 11.8. The average molecular weight is 235 g/mol. The van der Waals surface area contributed by atoms with E-state index >= 15 is 0 Å². The van der Waals surface area contributed by atoms with E-state index in [1.54, 1.807) is 11.7 Å². The van der Waals surface area contributed by atoms with Crippen molar-refractivity contribution in [2.75, 3.05) is 19.3 Å². The third kappa shape index (κ3) is 2.97. The Labute approximate surface area is 101 Å². The van der Waals surface area contributed by atoms with Gasteiger partial charge in [-0.1, -0.05) is 0 Å². The third-order valence-electron chi connectivity index (χ3n) is 2.71. The first-order valence-corrected chi connectivity index (χ1v) is 5.37. The fourth-order valence-corrected chi connectivity index (χ4v) is 1.46. The first-order chi connectivity index (χ1) is 7.97. The molecule has 6 nitrogen and oxygen atoms in total. The van der Waals surface area contributed by atoms with Crippen molar-refractivity contribution in [2.24, 2.45) is 0 Å². The van der Waals surface area contributed by atoms with E-state index in [1.807, 2.05) is 19.9 Å². The van der Waals surface area contributed by atoms with Crippen molar-refractivity contribution in [3.63, 3.8) is 0 Å². The minimum Gasteiger partial charge on any atom is -0.396 e. The highest BCUT2D eigenvalue weighted by Crippen LogP contribution is 2.14. The summed E-state index contributed by atoms with van der Waals surface area (Å²) in [7, 11) is 1.68. The van der Waals surface area contributed by atoms with Gasteiger partial charge in [-0.25, -0.2) is 0 Å². The van der Waals surface area contributed by atoms with Crippen LogP contribution in [0.3, 0.4) is 0 Å². The number of nitrogens with two attached hydrogens (primary N) is 1. The normalized spacial score (nSPS) is 10.0. The van der Waals surface area contributed by atoms with Crippen molar-refractivity contribution in [1.29, 1.82) is 5.26 Å². The lowest BCUT2D eigenvalue weighted by Gasteiger charge is -2.15. The van der Waals surface area contributed by atoms with Gasteiger partial charge >= 0.3 is 0 Å². The minimum absolute atomic E-state index is 0.0779. The summed E-state index contributed by atoms with van der Waals surface area (Å²) >= 11 is 0. The molecule has 1 heterocycles. The molecule has 1 amide bonds. The minimum atomic E-state index is -0.0779. The van der Waals surface area contributed by atoms with E-state index < -0.39 is 0 Å². The number of carbonyl (C=O) groups excluding carboxylic acids is 1. The number of anilines is 1. The van der Waals surface area contributed by atoms with Gasteiger partial charge in [-0.15, -0.1) is 0 Å². The molecule has 0 aliphatic heterocycles. The van der Waals surface area contributed by atoms with Gasteiger partial charge in [0.1, 0.15) is 6.54 Å². The smallest absolute Gasteiger partial charge is 0.244 e. The lowest BCUT2D eigenvalue weighted by Crippen LogP contribution is -2.31.